The topological polar surface area (TPSA) is 84.5 Å². The van der Waals surface area contributed by atoms with E-state index >= 15 is 0 Å². The van der Waals surface area contributed by atoms with Crippen molar-refractivity contribution in [3.05, 3.63) is 40.3 Å². The van der Waals surface area contributed by atoms with Crippen LogP contribution in [0.4, 0.5) is 4.79 Å². The molecule has 1 aromatic carbocycles. The van der Waals surface area contributed by atoms with Crippen molar-refractivity contribution in [3.8, 4) is 0 Å². The molecule has 0 spiro atoms. The highest BCUT2D eigenvalue weighted by molar-refractivity contribution is 7.92. The van der Waals surface area contributed by atoms with Crippen molar-refractivity contribution in [1.82, 2.24) is 10.3 Å². The highest BCUT2D eigenvalue weighted by Gasteiger charge is 2.08. The van der Waals surface area contributed by atoms with Crippen LogP contribution in [0, 0.1) is 0 Å². The van der Waals surface area contributed by atoms with Crippen LogP contribution in [0.25, 0.3) is 6.08 Å². The standard InChI is InChI=1S/C11H13ClN2O4S/c1-2-18-11(15)13-14-19(16,17)8-7-9-5-3-4-6-10(9)12/h3-8,14H,2H2,1H3,(H,13,15). The third-order valence-electron chi connectivity index (χ3n) is 1.90. The predicted molar refractivity (Wildman–Crippen MR) is 72.7 cm³/mol. The normalized spacial score (nSPS) is 11.5. The van der Waals surface area contributed by atoms with Crippen molar-refractivity contribution in [2.75, 3.05) is 6.61 Å². The first-order valence-corrected chi connectivity index (χ1v) is 7.24. The lowest BCUT2D eigenvalue weighted by Gasteiger charge is -2.05. The second-order valence-corrected chi connectivity index (χ2v) is 5.29. The molecule has 1 amide bonds. The van der Waals surface area contributed by atoms with E-state index in [0.717, 1.165) is 5.41 Å². The van der Waals surface area contributed by atoms with Gasteiger partial charge in [-0.3, -0.25) is 0 Å². The fraction of sp³-hybridized carbons (Fsp3) is 0.182. The molecule has 104 valence electrons. The van der Waals surface area contributed by atoms with E-state index in [1.165, 1.54) is 6.08 Å². The van der Waals surface area contributed by atoms with E-state index in [2.05, 4.69) is 4.74 Å². The molecule has 8 heteroatoms. The Balaban J connectivity index is 2.65. The Hall–Kier alpha value is -1.57. The van der Waals surface area contributed by atoms with Crippen LogP contribution < -0.4 is 10.3 Å². The minimum atomic E-state index is -3.81. The molecule has 0 aliphatic carbocycles. The summed E-state index contributed by atoms with van der Waals surface area (Å²) >= 11 is 5.87. The number of hydrogen-bond acceptors (Lipinski definition) is 4. The molecular formula is C11H13ClN2O4S. The number of ether oxygens (including phenoxy) is 1. The maximum absolute atomic E-state index is 11.5. The van der Waals surface area contributed by atoms with E-state index in [-0.39, 0.29) is 6.61 Å². The lowest BCUT2D eigenvalue weighted by molar-refractivity contribution is 0.150. The summed E-state index contributed by atoms with van der Waals surface area (Å²) in [6.07, 6.45) is 0.439. The number of hydrazine groups is 1. The first-order chi connectivity index (χ1) is 8.94. The zero-order valence-electron chi connectivity index (χ0n) is 10.1. The van der Waals surface area contributed by atoms with Crippen LogP contribution >= 0.6 is 11.6 Å². The molecule has 0 saturated carbocycles. The molecule has 0 radical (unpaired) electrons. The van der Waals surface area contributed by atoms with Crippen molar-refractivity contribution in [2.45, 2.75) is 6.92 Å². The van der Waals surface area contributed by atoms with Gasteiger partial charge in [-0.1, -0.05) is 29.8 Å². The molecule has 0 bridgehead atoms. The second-order valence-electron chi connectivity index (χ2n) is 3.32. The monoisotopic (exact) mass is 304 g/mol. The highest BCUT2D eigenvalue weighted by Crippen LogP contribution is 2.16. The zero-order chi connectivity index (χ0) is 14.3. The molecule has 0 heterocycles. The molecule has 1 aromatic rings. The van der Waals surface area contributed by atoms with Crippen molar-refractivity contribution in [1.29, 1.82) is 0 Å². The van der Waals surface area contributed by atoms with E-state index in [9.17, 15) is 13.2 Å². The van der Waals surface area contributed by atoms with Crippen LogP contribution in [0.1, 0.15) is 12.5 Å². The number of rotatable bonds is 5. The molecule has 6 nitrogen and oxygen atoms in total. The van der Waals surface area contributed by atoms with Gasteiger partial charge in [0.1, 0.15) is 0 Å². The molecule has 0 unspecified atom stereocenters. The number of amides is 1. The summed E-state index contributed by atoms with van der Waals surface area (Å²) in [7, 11) is -3.81. The summed E-state index contributed by atoms with van der Waals surface area (Å²) in [5.74, 6) is 0. The maximum atomic E-state index is 11.5. The fourth-order valence-electron chi connectivity index (χ4n) is 1.09. The van der Waals surface area contributed by atoms with Gasteiger partial charge in [-0.15, -0.1) is 4.83 Å². The van der Waals surface area contributed by atoms with Crippen LogP contribution in [0.2, 0.25) is 5.02 Å². The third-order valence-corrected chi connectivity index (χ3v) is 3.13. The quantitative estimate of drug-likeness (QED) is 0.814. The number of nitrogens with one attached hydrogen (secondary N) is 2. The molecule has 0 atom stereocenters. The number of benzene rings is 1. The van der Waals surface area contributed by atoms with E-state index < -0.39 is 16.1 Å². The lowest BCUT2D eigenvalue weighted by Crippen LogP contribution is -2.40. The first-order valence-electron chi connectivity index (χ1n) is 5.32. The van der Waals surface area contributed by atoms with Gasteiger partial charge in [-0.05, 0) is 24.6 Å². The fourth-order valence-corrected chi connectivity index (χ4v) is 1.91. The van der Waals surface area contributed by atoms with Gasteiger partial charge in [0.15, 0.2) is 0 Å². The number of carbonyl (C=O) groups is 1. The highest BCUT2D eigenvalue weighted by atomic mass is 35.5. The summed E-state index contributed by atoms with van der Waals surface area (Å²) in [6.45, 7) is 1.74. The average Bonchev–Trinajstić information content (AvgIpc) is 2.36. The Morgan fingerprint density at radius 2 is 2.11 bits per heavy atom. The summed E-state index contributed by atoms with van der Waals surface area (Å²) < 4.78 is 27.5. The molecule has 0 aliphatic heterocycles. The second kappa shape index (κ2) is 7.13. The molecule has 0 saturated heterocycles. The van der Waals surface area contributed by atoms with Gasteiger partial charge in [0.25, 0.3) is 10.0 Å². The summed E-state index contributed by atoms with van der Waals surface area (Å²) in [4.78, 5) is 12.8. The summed E-state index contributed by atoms with van der Waals surface area (Å²) in [6, 6.07) is 6.75. The van der Waals surface area contributed by atoms with E-state index in [4.69, 9.17) is 11.6 Å². The van der Waals surface area contributed by atoms with Crippen molar-refractivity contribution < 1.29 is 17.9 Å². The third kappa shape index (κ3) is 5.73. The molecule has 0 fully saturated rings. The minimum Gasteiger partial charge on any atom is -0.449 e. The zero-order valence-corrected chi connectivity index (χ0v) is 11.7. The van der Waals surface area contributed by atoms with Crippen molar-refractivity contribution in [2.24, 2.45) is 0 Å². The van der Waals surface area contributed by atoms with Crippen LogP contribution in [0.3, 0.4) is 0 Å². The Morgan fingerprint density at radius 1 is 1.42 bits per heavy atom. The largest absolute Gasteiger partial charge is 0.449 e. The number of halogens is 1. The van der Waals surface area contributed by atoms with Crippen molar-refractivity contribution in [3.63, 3.8) is 0 Å². The molecule has 19 heavy (non-hydrogen) atoms. The minimum absolute atomic E-state index is 0.142. The number of carbonyl (C=O) groups excluding carboxylic acids is 1. The summed E-state index contributed by atoms with van der Waals surface area (Å²) in [5.41, 5.74) is 2.44. The molecule has 0 aromatic heterocycles. The molecule has 0 aliphatic rings. The van der Waals surface area contributed by atoms with Crippen LogP contribution in [0.15, 0.2) is 29.7 Å². The van der Waals surface area contributed by atoms with Crippen LogP contribution in [-0.4, -0.2) is 21.1 Å². The Labute approximate surface area is 116 Å². The molecule has 2 N–H and O–H groups in total. The van der Waals surface area contributed by atoms with Gasteiger partial charge < -0.3 is 4.74 Å². The predicted octanol–water partition coefficient (Wildman–Crippen LogP) is 1.89. The average molecular weight is 305 g/mol. The van der Waals surface area contributed by atoms with Crippen molar-refractivity contribution >= 4 is 33.8 Å². The molecule has 1 rings (SSSR count). The maximum Gasteiger partial charge on any atom is 0.422 e. The van der Waals surface area contributed by atoms with Gasteiger partial charge in [-0.25, -0.2) is 18.6 Å². The van der Waals surface area contributed by atoms with Gasteiger partial charge in [0, 0.05) is 10.4 Å². The lowest BCUT2D eigenvalue weighted by atomic mass is 10.2. The van der Waals surface area contributed by atoms with E-state index in [1.54, 1.807) is 31.2 Å². The van der Waals surface area contributed by atoms with Gasteiger partial charge in [0.2, 0.25) is 0 Å². The molecular weight excluding hydrogens is 292 g/mol. The first kappa shape index (κ1) is 15.5. The number of sulfonamides is 1. The Bertz CT molecular complexity index is 572. The van der Waals surface area contributed by atoms with Crippen LogP contribution in [0.5, 0.6) is 0 Å². The Kier molecular flexibility index (Phi) is 5.81. The SMILES string of the molecule is CCOC(=O)NNS(=O)(=O)C=Cc1ccccc1Cl. The summed E-state index contributed by atoms with van der Waals surface area (Å²) in [5, 5.41) is 1.31. The van der Waals surface area contributed by atoms with Gasteiger partial charge in [-0.2, -0.15) is 0 Å². The van der Waals surface area contributed by atoms with Gasteiger partial charge in [0.05, 0.1) is 6.61 Å². The smallest absolute Gasteiger partial charge is 0.422 e. The van der Waals surface area contributed by atoms with E-state index in [0.29, 0.717) is 10.6 Å². The Morgan fingerprint density at radius 3 is 2.74 bits per heavy atom. The van der Waals surface area contributed by atoms with Crippen LogP contribution in [-0.2, 0) is 14.8 Å². The van der Waals surface area contributed by atoms with Gasteiger partial charge >= 0.3 is 6.09 Å². The number of hydrogen-bond donors (Lipinski definition) is 2. The van der Waals surface area contributed by atoms with E-state index in [1.807, 2.05) is 10.3 Å².